The molecule has 2 atom stereocenters. The molecule has 1 aromatic heterocycles. The maximum atomic E-state index is 14.8. The number of nitrogens with zero attached hydrogens (tertiary/aromatic N) is 5. The second-order valence-corrected chi connectivity index (χ2v) is 8.73. The van der Waals surface area contributed by atoms with Crippen molar-refractivity contribution in [1.82, 2.24) is 19.7 Å². The summed E-state index contributed by atoms with van der Waals surface area (Å²) in [5.74, 6) is -4.68. The number of alkyl halides is 4. The summed E-state index contributed by atoms with van der Waals surface area (Å²) in [6.45, 7) is 0.725. The Hall–Kier alpha value is -4.14. The van der Waals surface area contributed by atoms with E-state index in [0.29, 0.717) is 6.07 Å². The van der Waals surface area contributed by atoms with Crippen LogP contribution < -0.4 is 9.64 Å². The lowest BCUT2D eigenvalue weighted by atomic mass is 9.85. The third kappa shape index (κ3) is 5.53. The van der Waals surface area contributed by atoms with E-state index in [9.17, 15) is 41.0 Å². The molecular formula is C24H21F6N5O4. The van der Waals surface area contributed by atoms with Gasteiger partial charge in [0.2, 0.25) is 0 Å². The molecule has 1 fully saturated rings. The second-order valence-electron chi connectivity index (χ2n) is 8.73. The van der Waals surface area contributed by atoms with Crippen LogP contribution in [-0.2, 0) is 21.7 Å². The molecule has 0 aliphatic carbocycles. The number of carbonyl (C=O) groups excluding carboxylic acids is 2. The van der Waals surface area contributed by atoms with Crippen LogP contribution in [0.25, 0.3) is 0 Å². The van der Waals surface area contributed by atoms with E-state index in [1.807, 2.05) is 0 Å². The van der Waals surface area contributed by atoms with E-state index in [0.717, 1.165) is 46.2 Å². The van der Waals surface area contributed by atoms with Crippen molar-refractivity contribution in [3.8, 4) is 5.75 Å². The molecule has 1 saturated heterocycles. The fraction of sp³-hybridized carbons (Fsp3) is 0.333. The van der Waals surface area contributed by atoms with Crippen LogP contribution in [-0.4, -0.2) is 68.3 Å². The lowest BCUT2D eigenvalue weighted by Crippen LogP contribution is -2.62. The van der Waals surface area contributed by atoms with Crippen LogP contribution in [0.15, 0.2) is 55.1 Å². The van der Waals surface area contributed by atoms with Crippen LogP contribution in [0.5, 0.6) is 5.75 Å². The summed E-state index contributed by atoms with van der Waals surface area (Å²) in [6, 6.07) is 5.46. The highest BCUT2D eigenvalue weighted by atomic mass is 19.3. The minimum absolute atomic E-state index is 0.0934. The molecule has 208 valence electrons. The van der Waals surface area contributed by atoms with Gasteiger partial charge in [0.25, 0.3) is 0 Å². The minimum atomic E-state index is -4.72. The number of anilines is 1. The zero-order chi connectivity index (χ0) is 28.5. The van der Waals surface area contributed by atoms with Gasteiger partial charge >= 0.3 is 24.3 Å². The van der Waals surface area contributed by atoms with Gasteiger partial charge in [-0.05, 0) is 37.3 Å². The molecule has 1 N–H and O–H groups in total. The number of hydrogen-bond donors (Lipinski definition) is 1. The molecule has 2 amide bonds. The molecule has 2 aromatic carbocycles. The number of aliphatic hydroxyl groups is 1. The van der Waals surface area contributed by atoms with E-state index in [-0.39, 0.29) is 24.3 Å². The molecule has 9 nitrogen and oxygen atoms in total. The lowest BCUT2D eigenvalue weighted by molar-refractivity contribution is -0.253. The average molecular weight is 557 g/mol. The summed E-state index contributed by atoms with van der Waals surface area (Å²) in [4.78, 5) is 31.9. The van der Waals surface area contributed by atoms with E-state index in [2.05, 4.69) is 14.8 Å². The van der Waals surface area contributed by atoms with Crippen LogP contribution in [0.1, 0.15) is 12.5 Å². The maximum Gasteiger partial charge on any atom is 0.461 e. The third-order valence-corrected chi connectivity index (χ3v) is 6.34. The monoisotopic (exact) mass is 557 g/mol. The normalized spacial score (nSPS) is 16.9. The topological polar surface area (TPSA) is 101 Å². The number of hydrogen-bond acceptors (Lipinski definition) is 6. The van der Waals surface area contributed by atoms with E-state index in [1.54, 1.807) is 0 Å². The van der Waals surface area contributed by atoms with Crippen molar-refractivity contribution in [3.63, 3.8) is 0 Å². The van der Waals surface area contributed by atoms with E-state index >= 15 is 0 Å². The fourth-order valence-corrected chi connectivity index (χ4v) is 4.26. The summed E-state index contributed by atoms with van der Waals surface area (Å²) in [7, 11) is 0. The van der Waals surface area contributed by atoms with Crippen molar-refractivity contribution in [2.24, 2.45) is 0 Å². The number of rotatable bonds is 9. The van der Waals surface area contributed by atoms with E-state index < -0.39 is 59.9 Å². The van der Waals surface area contributed by atoms with Gasteiger partial charge in [-0.3, -0.25) is 9.59 Å². The summed E-state index contributed by atoms with van der Waals surface area (Å²) >= 11 is 0. The molecule has 2 heterocycles. The van der Waals surface area contributed by atoms with Gasteiger partial charge in [0.1, 0.15) is 35.6 Å². The number of benzene rings is 2. The van der Waals surface area contributed by atoms with Gasteiger partial charge in [-0.1, -0.05) is 6.07 Å². The highest BCUT2D eigenvalue weighted by Gasteiger charge is 2.47. The Bertz CT molecular complexity index is 1340. The Balaban J connectivity index is 1.57. The standard InChI is InChI=1S/C24H21F6N5O4/c1-14(23(38,11-33-13-31-12-32-33)18-7-2-15(25)10-19(18)26)34-8-9-35(21(37)20(34)36)16-3-5-17(6-4-16)39-24(29,30)22(27)28/h2-7,10,12-14,22,38H,8-9,11H2,1H3/t14-,23-/m1/s1. The highest BCUT2D eigenvalue weighted by molar-refractivity contribution is 6.41. The first kappa shape index (κ1) is 27.9. The van der Waals surface area contributed by atoms with Crippen LogP contribution in [0.2, 0.25) is 0 Å². The van der Waals surface area contributed by atoms with Crippen molar-refractivity contribution in [2.45, 2.75) is 37.6 Å². The quantitative estimate of drug-likeness (QED) is 0.321. The Morgan fingerprint density at radius 1 is 1.05 bits per heavy atom. The highest BCUT2D eigenvalue weighted by Crippen LogP contribution is 2.34. The molecule has 15 heteroatoms. The number of amides is 2. The van der Waals surface area contributed by atoms with Crippen molar-refractivity contribution >= 4 is 17.5 Å². The van der Waals surface area contributed by atoms with Crippen LogP contribution >= 0.6 is 0 Å². The number of ether oxygens (including phenoxy) is 1. The van der Waals surface area contributed by atoms with Gasteiger partial charge in [0, 0.05) is 30.4 Å². The van der Waals surface area contributed by atoms with Crippen LogP contribution in [0.3, 0.4) is 0 Å². The smallest absolute Gasteiger partial charge is 0.428 e. The molecule has 4 rings (SSSR count). The Labute approximate surface area is 217 Å². The first-order valence-electron chi connectivity index (χ1n) is 11.4. The molecule has 0 spiro atoms. The Morgan fingerprint density at radius 3 is 2.33 bits per heavy atom. The predicted octanol–water partition coefficient (Wildman–Crippen LogP) is 2.94. The maximum absolute atomic E-state index is 14.8. The first-order valence-corrected chi connectivity index (χ1v) is 11.4. The van der Waals surface area contributed by atoms with Crippen molar-refractivity contribution in [2.75, 3.05) is 18.0 Å². The SMILES string of the molecule is C[C@@H](N1CCN(c2ccc(OC(F)(F)C(F)F)cc2)C(=O)C1=O)[C@](O)(Cn1cncn1)c1ccc(F)cc1F. The van der Waals surface area contributed by atoms with Gasteiger partial charge in [0.15, 0.2) is 0 Å². The van der Waals surface area contributed by atoms with Crippen molar-refractivity contribution < 1.29 is 45.8 Å². The van der Waals surface area contributed by atoms with Gasteiger partial charge in [-0.25, -0.2) is 18.4 Å². The summed E-state index contributed by atoms with van der Waals surface area (Å²) < 4.78 is 84.6. The minimum Gasteiger partial charge on any atom is -0.428 e. The molecule has 1 aliphatic rings. The van der Waals surface area contributed by atoms with Gasteiger partial charge in [-0.2, -0.15) is 22.7 Å². The number of piperazine rings is 1. The molecule has 0 radical (unpaired) electrons. The number of halogens is 6. The Kier molecular flexibility index (Phi) is 7.54. The van der Waals surface area contributed by atoms with Gasteiger partial charge in [0.05, 0.1) is 12.6 Å². The molecule has 3 aromatic rings. The van der Waals surface area contributed by atoms with Crippen molar-refractivity contribution in [3.05, 3.63) is 72.3 Å². The zero-order valence-corrected chi connectivity index (χ0v) is 20.1. The second kappa shape index (κ2) is 10.6. The van der Waals surface area contributed by atoms with Crippen LogP contribution in [0, 0.1) is 11.6 Å². The van der Waals surface area contributed by atoms with Gasteiger partial charge < -0.3 is 19.6 Å². The predicted molar refractivity (Wildman–Crippen MR) is 122 cm³/mol. The average Bonchev–Trinajstić information content (AvgIpc) is 3.38. The largest absolute Gasteiger partial charge is 0.461 e. The summed E-state index contributed by atoms with van der Waals surface area (Å²) in [5, 5.41) is 15.6. The molecule has 0 saturated carbocycles. The number of carbonyl (C=O) groups is 2. The summed E-state index contributed by atoms with van der Waals surface area (Å²) in [6.07, 6.45) is -6.36. The third-order valence-electron chi connectivity index (χ3n) is 6.34. The first-order chi connectivity index (χ1) is 18.3. The Morgan fingerprint density at radius 2 is 1.74 bits per heavy atom. The summed E-state index contributed by atoms with van der Waals surface area (Å²) in [5.41, 5.74) is -2.43. The van der Waals surface area contributed by atoms with E-state index in [1.165, 1.54) is 24.3 Å². The molecule has 0 unspecified atom stereocenters. The lowest BCUT2D eigenvalue weighted by Gasteiger charge is -2.44. The molecule has 1 aliphatic heterocycles. The zero-order valence-electron chi connectivity index (χ0n) is 20.1. The molecule has 0 bridgehead atoms. The van der Waals surface area contributed by atoms with Crippen LogP contribution in [0.4, 0.5) is 32.0 Å². The van der Waals surface area contributed by atoms with Crippen molar-refractivity contribution in [1.29, 1.82) is 0 Å². The molecular weight excluding hydrogens is 536 g/mol. The fourth-order valence-electron chi connectivity index (χ4n) is 4.26. The van der Waals surface area contributed by atoms with E-state index in [4.69, 9.17) is 0 Å². The number of aromatic nitrogens is 3. The molecule has 39 heavy (non-hydrogen) atoms. The van der Waals surface area contributed by atoms with Gasteiger partial charge in [-0.15, -0.1) is 0 Å².